The summed E-state index contributed by atoms with van der Waals surface area (Å²) in [5.41, 5.74) is 1.66. The Balaban J connectivity index is 1.92. The average Bonchev–Trinajstić information content (AvgIpc) is 2.65. The lowest BCUT2D eigenvalue weighted by molar-refractivity contribution is -0.116. The smallest absolute Gasteiger partial charge is 0.239 e. The number of carbonyl (C=O) groups is 1. The van der Waals surface area contributed by atoms with Crippen LogP contribution in [-0.2, 0) is 21.4 Å². The van der Waals surface area contributed by atoms with Crippen LogP contribution in [0.1, 0.15) is 25.8 Å². The van der Waals surface area contributed by atoms with Crippen LogP contribution in [0.3, 0.4) is 0 Å². The van der Waals surface area contributed by atoms with Gasteiger partial charge in [-0.15, -0.1) is 0 Å². The number of benzene rings is 2. The Morgan fingerprint density at radius 3 is 2.30 bits per heavy atom. The van der Waals surface area contributed by atoms with Gasteiger partial charge in [0.1, 0.15) is 12.4 Å². The minimum absolute atomic E-state index is 0.208. The van der Waals surface area contributed by atoms with E-state index in [9.17, 15) is 13.2 Å². The second kappa shape index (κ2) is 9.53. The predicted octanol–water partition coefficient (Wildman–Crippen LogP) is 3.26. The molecule has 0 saturated carbocycles. The molecule has 2 aromatic carbocycles. The lowest BCUT2D eigenvalue weighted by atomic mass is 10.2. The van der Waals surface area contributed by atoms with Crippen molar-refractivity contribution in [2.45, 2.75) is 32.9 Å². The van der Waals surface area contributed by atoms with Crippen LogP contribution in [0.25, 0.3) is 0 Å². The van der Waals surface area contributed by atoms with Gasteiger partial charge in [-0.05, 0) is 43.2 Å². The fourth-order valence-electron chi connectivity index (χ4n) is 2.52. The first-order valence-corrected chi connectivity index (χ1v) is 10.7. The second-order valence-electron chi connectivity index (χ2n) is 6.41. The van der Waals surface area contributed by atoms with Gasteiger partial charge < -0.3 is 10.1 Å². The highest BCUT2D eigenvalue weighted by Gasteiger charge is 2.24. The SMILES string of the molecule is CCC(C)N(CC(=O)Nc1ccc(OCc2ccccc2)cc1)S(C)(=O)=O. The van der Waals surface area contributed by atoms with Crippen molar-refractivity contribution in [3.8, 4) is 5.75 Å². The summed E-state index contributed by atoms with van der Waals surface area (Å²) in [6.45, 7) is 3.92. The number of rotatable bonds is 9. The molecule has 6 nitrogen and oxygen atoms in total. The summed E-state index contributed by atoms with van der Waals surface area (Å²) in [5, 5.41) is 2.72. The first kappa shape index (κ1) is 20.9. The standard InChI is InChI=1S/C20H26N2O4S/c1-4-16(2)22(27(3,24)25)14-20(23)21-18-10-12-19(13-11-18)26-15-17-8-6-5-7-9-17/h5-13,16H,4,14-15H2,1-3H3,(H,21,23). The number of amides is 1. The van der Waals surface area contributed by atoms with Gasteiger partial charge in [0.15, 0.2) is 0 Å². The first-order chi connectivity index (χ1) is 12.8. The minimum atomic E-state index is -3.45. The number of sulfonamides is 1. The van der Waals surface area contributed by atoms with E-state index in [2.05, 4.69) is 5.32 Å². The van der Waals surface area contributed by atoms with Crippen LogP contribution in [0.2, 0.25) is 0 Å². The molecular weight excluding hydrogens is 364 g/mol. The van der Waals surface area contributed by atoms with Gasteiger partial charge in [-0.2, -0.15) is 4.31 Å². The molecule has 0 fully saturated rings. The van der Waals surface area contributed by atoms with Crippen LogP contribution in [0.15, 0.2) is 54.6 Å². The summed E-state index contributed by atoms with van der Waals surface area (Å²) >= 11 is 0. The van der Waals surface area contributed by atoms with E-state index in [1.807, 2.05) is 37.3 Å². The van der Waals surface area contributed by atoms with E-state index in [0.29, 0.717) is 24.5 Å². The zero-order valence-electron chi connectivity index (χ0n) is 15.9. The molecule has 0 radical (unpaired) electrons. The largest absolute Gasteiger partial charge is 0.489 e. The highest BCUT2D eigenvalue weighted by molar-refractivity contribution is 7.88. The number of ether oxygens (including phenoxy) is 1. The minimum Gasteiger partial charge on any atom is -0.489 e. The molecule has 7 heteroatoms. The van der Waals surface area contributed by atoms with E-state index in [4.69, 9.17) is 4.74 Å². The van der Waals surface area contributed by atoms with Crippen molar-refractivity contribution in [1.82, 2.24) is 4.31 Å². The van der Waals surface area contributed by atoms with E-state index in [-0.39, 0.29) is 18.5 Å². The van der Waals surface area contributed by atoms with Gasteiger partial charge in [-0.3, -0.25) is 4.79 Å². The lowest BCUT2D eigenvalue weighted by Gasteiger charge is -2.25. The molecule has 0 heterocycles. The molecule has 0 spiro atoms. The van der Waals surface area contributed by atoms with Crippen molar-refractivity contribution >= 4 is 21.6 Å². The Labute approximate surface area is 161 Å². The van der Waals surface area contributed by atoms with E-state index < -0.39 is 10.0 Å². The quantitative estimate of drug-likeness (QED) is 0.713. The van der Waals surface area contributed by atoms with Crippen LogP contribution < -0.4 is 10.1 Å². The van der Waals surface area contributed by atoms with Crippen LogP contribution in [0.4, 0.5) is 5.69 Å². The molecule has 0 aliphatic rings. The molecule has 146 valence electrons. The lowest BCUT2D eigenvalue weighted by Crippen LogP contribution is -2.42. The maximum Gasteiger partial charge on any atom is 0.239 e. The fraction of sp³-hybridized carbons (Fsp3) is 0.350. The van der Waals surface area contributed by atoms with Gasteiger partial charge in [0.2, 0.25) is 15.9 Å². The summed E-state index contributed by atoms with van der Waals surface area (Å²) in [7, 11) is -3.45. The Hall–Kier alpha value is -2.38. The maximum atomic E-state index is 12.2. The van der Waals surface area contributed by atoms with Crippen molar-refractivity contribution in [3.05, 3.63) is 60.2 Å². The monoisotopic (exact) mass is 390 g/mol. The summed E-state index contributed by atoms with van der Waals surface area (Å²) in [4.78, 5) is 12.2. The molecule has 0 saturated heterocycles. The fourth-order valence-corrected chi connectivity index (χ4v) is 3.68. The molecule has 0 aromatic heterocycles. The number of nitrogens with one attached hydrogen (secondary N) is 1. The van der Waals surface area contributed by atoms with Gasteiger partial charge in [0.25, 0.3) is 0 Å². The molecule has 0 aliphatic carbocycles. The number of anilines is 1. The zero-order chi connectivity index (χ0) is 19.9. The normalized spacial score (nSPS) is 12.6. The van der Waals surface area contributed by atoms with Crippen molar-refractivity contribution in [3.63, 3.8) is 0 Å². The summed E-state index contributed by atoms with van der Waals surface area (Å²) in [5.74, 6) is 0.313. The van der Waals surface area contributed by atoms with E-state index in [0.717, 1.165) is 11.8 Å². The number of carbonyl (C=O) groups excluding carboxylic acids is 1. The van der Waals surface area contributed by atoms with Crippen LogP contribution in [-0.4, -0.2) is 37.5 Å². The Morgan fingerprint density at radius 1 is 1.11 bits per heavy atom. The van der Waals surface area contributed by atoms with Crippen molar-refractivity contribution < 1.29 is 17.9 Å². The van der Waals surface area contributed by atoms with Gasteiger partial charge in [-0.1, -0.05) is 37.3 Å². The third-order valence-electron chi connectivity index (χ3n) is 4.19. The average molecular weight is 391 g/mol. The highest BCUT2D eigenvalue weighted by atomic mass is 32.2. The predicted molar refractivity (Wildman–Crippen MR) is 107 cm³/mol. The summed E-state index contributed by atoms with van der Waals surface area (Å²) < 4.78 is 30.7. The maximum absolute atomic E-state index is 12.2. The van der Waals surface area contributed by atoms with Gasteiger partial charge in [0, 0.05) is 11.7 Å². The Kier molecular flexibility index (Phi) is 7.38. The first-order valence-electron chi connectivity index (χ1n) is 8.83. The molecule has 2 aromatic rings. The Bertz CT molecular complexity index is 836. The third-order valence-corrected chi connectivity index (χ3v) is 5.54. The zero-order valence-corrected chi connectivity index (χ0v) is 16.7. The molecule has 0 aliphatic heterocycles. The van der Waals surface area contributed by atoms with Gasteiger partial charge >= 0.3 is 0 Å². The molecule has 1 N–H and O–H groups in total. The second-order valence-corrected chi connectivity index (χ2v) is 8.35. The van der Waals surface area contributed by atoms with Crippen LogP contribution in [0, 0.1) is 0 Å². The molecule has 1 amide bonds. The topological polar surface area (TPSA) is 75.7 Å². The number of hydrogen-bond donors (Lipinski definition) is 1. The molecule has 1 atom stereocenters. The number of nitrogens with zero attached hydrogens (tertiary/aromatic N) is 1. The van der Waals surface area contributed by atoms with Gasteiger partial charge in [-0.25, -0.2) is 8.42 Å². The van der Waals surface area contributed by atoms with Crippen LogP contribution >= 0.6 is 0 Å². The Morgan fingerprint density at radius 2 is 1.74 bits per heavy atom. The molecule has 0 bridgehead atoms. The van der Waals surface area contributed by atoms with Crippen molar-refractivity contribution in [1.29, 1.82) is 0 Å². The molecular formula is C20H26N2O4S. The highest BCUT2D eigenvalue weighted by Crippen LogP contribution is 2.17. The summed E-state index contributed by atoms with van der Waals surface area (Å²) in [6.07, 6.45) is 1.75. The summed E-state index contributed by atoms with van der Waals surface area (Å²) in [6, 6.07) is 16.6. The van der Waals surface area contributed by atoms with E-state index in [1.165, 1.54) is 4.31 Å². The molecule has 2 rings (SSSR count). The van der Waals surface area contributed by atoms with Crippen molar-refractivity contribution in [2.24, 2.45) is 0 Å². The molecule has 27 heavy (non-hydrogen) atoms. The van der Waals surface area contributed by atoms with Gasteiger partial charge in [0.05, 0.1) is 12.8 Å². The number of hydrogen-bond acceptors (Lipinski definition) is 4. The third kappa shape index (κ3) is 6.69. The van der Waals surface area contributed by atoms with E-state index >= 15 is 0 Å². The van der Waals surface area contributed by atoms with E-state index in [1.54, 1.807) is 31.2 Å². The molecule has 1 unspecified atom stereocenters. The van der Waals surface area contributed by atoms with Crippen LogP contribution in [0.5, 0.6) is 5.75 Å². The van der Waals surface area contributed by atoms with Crippen molar-refractivity contribution in [2.75, 3.05) is 18.1 Å².